The van der Waals surface area contributed by atoms with Gasteiger partial charge in [0.25, 0.3) is 0 Å². The van der Waals surface area contributed by atoms with Crippen molar-refractivity contribution in [2.45, 2.75) is 38.1 Å². The molecule has 0 aliphatic carbocycles. The van der Waals surface area contributed by atoms with E-state index in [0.717, 1.165) is 44.5 Å². The molecule has 0 bridgehead atoms. The number of hydrogen-bond acceptors (Lipinski definition) is 3. The predicted molar refractivity (Wildman–Crippen MR) is 120 cm³/mol. The maximum atomic E-state index is 5.51. The largest absolute Gasteiger partial charge is 0.381 e. The van der Waals surface area contributed by atoms with Gasteiger partial charge < -0.3 is 25.3 Å². The van der Waals surface area contributed by atoms with E-state index in [9.17, 15) is 0 Å². The minimum Gasteiger partial charge on any atom is -0.381 e. The number of nitrogens with one attached hydrogen (secondary N) is 3. The van der Waals surface area contributed by atoms with Gasteiger partial charge in [-0.1, -0.05) is 18.2 Å². The van der Waals surface area contributed by atoms with E-state index in [0.29, 0.717) is 6.04 Å². The van der Waals surface area contributed by atoms with E-state index in [2.05, 4.69) is 56.0 Å². The predicted octanol–water partition coefficient (Wildman–Crippen LogP) is 2.77. The molecule has 3 heterocycles. The molecule has 4 rings (SSSR count). The average molecular weight is 398 g/mol. The van der Waals surface area contributed by atoms with Crippen molar-refractivity contribution in [2.24, 2.45) is 10.9 Å². The highest BCUT2D eigenvalue weighted by atomic mass is 16.5. The molecule has 1 aromatic carbocycles. The van der Waals surface area contributed by atoms with Gasteiger partial charge in [-0.3, -0.25) is 4.99 Å². The first-order chi connectivity index (χ1) is 14.3. The quantitative estimate of drug-likeness (QED) is 0.382. The summed E-state index contributed by atoms with van der Waals surface area (Å²) in [4.78, 5) is 10.4. The van der Waals surface area contributed by atoms with Crippen LogP contribution in [0, 0.1) is 5.92 Å². The van der Waals surface area contributed by atoms with Crippen molar-refractivity contribution in [3.05, 3.63) is 36.0 Å². The van der Waals surface area contributed by atoms with Crippen molar-refractivity contribution in [3.63, 3.8) is 0 Å². The number of para-hydroxylation sites is 1. The van der Waals surface area contributed by atoms with Gasteiger partial charge in [0, 0.05) is 63.0 Å². The highest BCUT2D eigenvalue weighted by molar-refractivity contribution is 5.83. The number of fused-ring (bicyclic) bond motifs is 1. The summed E-state index contributed by atoms with van der Waals surface area (Å²) in [7, 11) is 1.87. The molecule has 2 aliphatic heterocycles. The topological polar surface area (TPSA) is 64.7 Å². The molecular formula is C23H35N5O. The highest BCUT2D eigenvalue weighted by Crippen LogP contribution is 2.19. The first kappa shape index (κ1) is 20.2. The van der Waals surface area contributed by atoms with Gasteiger partial charge in [0.15, 0.2) is 5.96 Å². The number of guanidine groups is 1. The maximum Gasteiger partial charge on any atom is 0.191 e. The lowest BCUT2D eigenvalue weighted by molar-refractivity contribution is 0.150. The van der Waals surface area contributed by atoms with Gasteiger partial charge in [0.1, 0.15) is 0 Å². The minimum atomic E-state index is 0.519. The van der Waals surface area contributed by atoms with Gasteiger partial charge in [-0.05, 0) is 49.7 Å². The number of aromatic amines is 1. The van der Waals surface area contributed by atoms with Crippen LogP contribution >= 0.6 is 0 Å². The summed E-state index contributed by atoms with van der Waals surface area (Å²) in [5.41, 5.74) is 2.62. The number of aryl methyl sites for hydroxylation is 1. The molecule has 0 spiro atoms. The number of H-pyrrole nitrogens is 1. The smallest absolute Gasteiger partial charge is 0.191 e. The fraction of sp³-hybridized carbons (Fsp3) is 0.609. The first-order valence-electron chi connectivity index (χ1n) is 11.1. The Morgan fingerprint density at radius 3 is 2.90 bits per heavy atom. The first-order valence-corrected chi connectivity index (χ1v) is 11.1. The second kappa shape index (κ2) is 10.1. The Morgan fingerprint density at radius 2 is 2.10 bits per heavy atom. The van der Waals surface area contributed by atoms with E-state index in [1.54, 1.807) is 0 Å². The number of piperidine rings is 1. The lowest BCUT2D eigenvalue weighted by Gasteiger charge is -2.34. The highest BCUT2D eigenvalue weighted by Gasteiger charge is 2.24. The van der Waals surface area contributed by atoms with Crippen molar-refractivity contribution in [2.75, 3.05) is 46.4 Å². The number of hydrogen-bond donors (Lipinski definition) is 3. The van der Waals surface area contributed by atoms with Crippen LogP contribution in [0.15, 0.2) is 35.5 Å². The van der Waals surface area contributed by atoms with Crippen molar-refractivity contribution >= 4 is 16.9 Å². The third-order valence-corrected chi connectivity index (χ3v) is 6.28. The van der Waals surface area contributed by atoms with E-state index in [1.807, 2.05) is 7.05 Å². The van der Waals surface area contributed by atoms with E-state index in [1.165, 1.54) is 55.4 Å². The van der Waals surface area contributed by atoms with Gasteiger partial charge in [0.05, 0.1) is 6.61 Å². The molecule has 2 fully saturated rings. The van der Waals surface area contributed by atoms with Crippen LogP contribution in [-0.4, -0.2) is 68.3 Å². The van der Waals surface area contributed by atoms with Crippen LogP contribution in [0.25, 0.3) is 10.9 Å². The molecule has 158 valence electrons. The van der Waals surface area contributed by atoms with Gasteiger partial charge in [-0.15, -0.1) is 0 Å². The van der Waals surface area contributed by atoms with Crippen molar-refractivity contribution in [3.8, 4) is 0 Å². The van der Waals surface area contributed by atoms with Crippen LogP contribution in [0.1, 0.15) is 31.2 Å². The van der Waals surface area contributed by atoms with E-state index >= 15 is 0 Å². The summed E-state index contributed by atoms with van der Waals surface area (Å²) < 4.78 is 5.51. The van der Waals surface area contributed by atoms with Crippen LogP contribution in [0.2, 0.25) is 0 Å². The monoisotopic (exact) mass is 397 g/mol. The zero-order valence-corrected chi connectivity index (χ0v) is 17.6. The molecule has 2 aromatic rings. The number of rotatable bonds is 7. The van der Waals surface area contributed by atoms with Gasteiger partial charge >= 0.3 is 0 Å². The molecule has 2 saturated heterocycles. The third kappa shape index (κ3) is 5.52. The second-order valence-corrected chi connectivity index (χ2v) is 8.41. The Hall–Kier alpha value is -2.05. The maximum absolute atomic E-state index is 5.51. The Labute approximate surface area is 174 Å². The normalized spacial score (nSPS) is 21.7. The summed E-state index contributed by atoms with van der Waals surface area (Å²) in [5.74, 6) is 1.68. The van der Waals surface area contributed by atoms with Crippen LogP contribution < -0.4 is 10.6 Å². The van der Waals surface area contributed by atoms with Crippen LogP contribution in [0.5, 0.6) is 0 Å². The average Bonchev–Trinajstić information content (AvgIpc) is 3.41. The Bertz CT molecular complexity index is 787. The van der Waals surface area contributed by atoms with Gasteiger partial charge in [0.2, 0.25) is 0 Å². The molecular weight excluding hydrogens is 362 g/mol. The van der Waals surface area contributed by atoms with Gasteiger partial charge in [-0.25, -0.2) is 0 Å². The number of aliphatic imine (C=N–C) groups is 1. The molecule has 29 heavy (non-hydrogen) atoms. The number of ether oxygens (including phenoxy) is 1. The van der Waals surface area contributed by atoms with Gasteiger partial charge in [-0.2, -0.15) is 0 Å². The molecule has 1 atom stereocenters. The molecule has 0 radical (unpaired) electrons. The summed E-state index contributed by atoms with van der Waals surface area (Å²) in [6.45, 7) is 6.38. The lowest BCUT2D eigenvalue weighted by atomic mass is 10.0. The molecule has 6 nitrogen and oxygen atoms in total. The number of nitrogens with zero attached hydrogens (tertiary/aromatic N) is 2. The van der Waals surface area contributed by atoms with Crippen LogP contribution in [0.3, 0.4) is 0 Å². The number of benzene rings is 1. The summed E-state index contributed by atoms with van der Waals surface area (Å²) >= 11 is 0. The molecule has 6 heteroatoms. The molecule has 0 amide bonds. The summed E-state index contributed by atoms with van der Waals surface area (Å²) in [6, 6.07) is 9.03. The van der Waals surface area contributed by atoms with Crippen molar-refractivity contribution in [1.82, 2.24) is 20.5 Å². The minimum absolute atomic E-state index is 0.519. The SMILES string of the molecule is CN=C(NCCCc1c[nH]c2ccccc12)NC1CCN(CC2CCOC2)CC1. The standard InChI is InChI=1S/C23H35N5O/c1-24-23(25-11-4-5-19-15-26-22-7-3-2-6-21(19)22)27-20-8-12-28(13-9-20)16-18-10-14-29-17-18/h2-3,6-7,15,18,20,26H,4-5,8-14,16-17H2,1H3,(H2,24,25,27). The number of likely N-dealkylation sites (tertiary alicyclic amines) is 1. The Kier molecular flexibility index (Phi) is 7.06. The number of aromatic nitrogens is 1. The molecule has 0 saturated carbocycles. The van der Waals surface area contributed by atoms with E-state index in [4.69, 9.17) is 4.74 Å². The molecule has 2 aliphatic rings. The molecule has 1 unspecified atom stereocenters. The van der Waals surface area contributed by atoms with E-state index in [-0.39, 0.29) is 0 Å². The summed E-state index contributed by atoms with van der Waals surface area (Å²) in [6.07, 6.45) is 7.89. The van der Waals surface area contributed by atoms with Crippen LogP contribution in [0.4, 0.5) is 0 Å². The second-order valence-electron chi connectivity index (χ2n) is 8.41. The molecule has 3 N–H and O–H groups in total. The fourth-order valence-corrected chi connectivity index (χ4v) is 4.56. The summed E-state index contributed by atoms with van der Waals surface area (Å²) in [5, 5.41) is 8.46. The Balaban J connectivity index is 1.14. The zero-order chi connectivity index (χ0) is 19.9. The molecule has 1 aromatic heterocycles. The van der Waals surface area contributed by atoms with Crippen molar-refractivity contribution < 1.29 is 4.74 Å². The van der Waals surface area contributed by atoms with Crippen molar-refractivity contribution in [1.29, 1.82) is 0 Å². The van der Waals surface area contributed by atoms with Crippen LogP contribution in [-0.2, 0) is 11.2 Å². The zero-order valence-electron chi connectivity index (χ0n) is 17.6. The Morgan fingerprint density at radius 1 is 1.24 bits per heavy atom. The fourth-order valence-electron chi connectivity index (χ4n) is 4.56. The third-order valence-electron chi connectivity index (χ3n) is 6.28. The van der Waals surface area contributed by atoms with E-state index < -0.39 is 0 Å². The lowest BCUT2D eigenvalue weighted by Crippen LogP contribution is -2.49.